The highest BCUT2D eigenvalue weighted by molar-refractivity contribution is 7.80. The summed E-state index contributed by atoms with van der Waals surface area (Å²) >= 11 is 4.01. The molecule has 0 aliphatic rings. The summed E-state index contributed by atoms with van der Waals surface area (Å²) in [5, 5.41) is 28.4. The fourth-order valence-corrected chi connectivity index (χ4v) is 2.00. The van der Waals surface area contributed by atoms with Crippen molar-refractivity contribution in [3.63, 3.8) is 0 Å². The summed E-state index contributed by atoms with van der Waals surface area (Å²) in [6.45, 7) is 0. The number of thiol groups is 1. The van der Waals surface area contributed by atoms with Gasteiger partial charge in [0.15, 0.2) is 0 Å². The van der Waals surface area contributed by atoms with Gasteiger partial charge in [-0.05, 0) is 35.9 Å². The normalized spacial score (nSPS) is 14.2. The van der Waals surface area contributed by atoms with Crippen LogP contribution in [0.5, 0.6) is 5.75 Å². The number of carbonyl (C=O) groups is 1. The Labute approximate surface area is 122 Å². The van der Waals surface area contributed by atoms with Crippen LogP contribution in [-0.4, -0.2) is 40.3 Å². The lowest BCUT2D eigenvalue weighted by Crippen LogP contribution is -2.18. The second-order valence-corrected chi connectivity index (χ2v) is 4.64. The number of aliphatic hydroxyl groups excluding tert-OH is 2. The van der Waals surface area contributed by atoms with Crippen molar-refractivity contribution in [3.8, 4) is 5.75 Å². The Hall–Kier alpha value is -1.50. The Kier molecular flexibility index (Phi) is 6.57. The van der Waals surface area contributed by atoms with E-state index in [0.717, 1.165) is 6.08 Å². The molecule has 0 aromatic heterocycles. The van der Waals surface area contributed by atoms with Crippen molar-refractivity contribution in [1.29, 1.82) is 0 Å². The summed E-state index contributed by atoms with van der Waals surface area (Å²) in [7, 11) is 1.47. The summed E-state index contributed by atoms with van der Waals surface area (Å²) in [6, 6.07) is 4.83. The van der Waals surface area contributed by atoms with Gasteiger partial charge in [-0.1, -0.05) is 6.07 Å². The van der Waals surface area contributed by atoms with Gasteiger partial charge in [0.2, 0.25) is 0 Å². The van der Waals surface area contributed by atoms with Crippen molar-refractivity contribution in [1.82, 2.24) is 0 Å². The standard InChI is InChI=1S/C14H18O5S/c1-19-12-4-2-10(14(18)11(15)6-7-20)8-9(12)3-5-13(16)17/h2-5,8,11,14-15,18,20H,6-7H2,1H3,(H,16,17)/b5-3+. The Morgan fingerprint density at radius 1 is 1.45 bits per heavy atom. The van der Waals surface area contributed by atoms with Gasteiger partial charge in [-0.2, -0.15) is 12.6 Å². The molecule has 110 valence electrons. The number of aliphatic hydroxyl groups is 2. The van der Waals surface area contributed by atoms with Crippen LogP contribution in [-0.2, 0) is 4.79 Å². The number of hydrogen-bond donors (Lipinski definition) is 4. The predicted octanol–water partition coefficient (Wildman–Crippen LogP) is 1.51. The first-order valence-electron chi connectivity index (χ1n) is 6.05. The number of ether oxygens (including phenoxy) is 1. The van der Waals surface area contributed by atoms with E-state index < -0.39 is 18.2 Å². The van der Waals surface area contributed by atoms with Crippen molar-refractivity contribution in [3.05, 3.63) is 35.4 Å². The molecule has 20 heavy (non-hydrogen) atoms. The van der Waals surface area contributed by atoms with E-state index in [1.807, 2.05) is 0 Å². The van der Waals surface area contributed by atoms with Crippen LogP contribution in [0.1, 0.15) is 23.7 Å². The second-order valence-electron chi connectivity index (χ2n) is 4.20. The van der Waals surface area contributed by atoms with E-state index in [9.17, 15) is 15.0 Å². The molecule has 0 amide bonds. The van der Waals surface area contributed by atoms with Crippen molar-refractivity contribution >= 4 is 24.7 Å². The topological polar surface area (TPSA) is 87.0 Å². The summed E-state index contributed by atoms with van der Waals surface area (Å²) in [5.41, 5.74) is 1.01. The third-order valence-electron chi connectivity index (χ3n) is 2.79. The highest BCUT2D eigenvalue weighted by Crippen LogP contribution is 2.27. The molecule has 0 aliphatic heterocycles. The van der Waals surface area contributed by atoms with E-state index in [2.05, 4.69) is 12.6 Å². The van der Waals surface area contributed by atoms with Crippen LogP contribution in [0.15, 0.2) is 24.3 Å². The van der Waals surface area contributed by atoms with Crippen LogP contribution in [0, 0.1) is 0 Å². The van der Waals surface area contributed by atoms with Crippen LogP contribution in [0.25, 0.3) is 6.08 Å². The molecular formula is C14H18O5S. The molecule has 0 saturated carbocycles. The smallest absolute Gasteiger partial charge is 0.328 e. The Morgan fingerprint density at radius 2 is 2.15 bits per heavy atom. The Balaban J connectivity index is 3.05. The number of methoxy groups -OCH3 is 1. The van der Waals surface area contributed by atoms with Gasteiger partial charge in [-0.3, -0.25) is 0 Å². The summed E-state index contributed by atoms with van der Waals surface area (Å²) in [5.74, 6) is -0.129. The van der Waals surface area contributed by atoms with Crippen LogP contribution >= 0.6 is 12.6 Å². The van der Waals surface area contributed by atoms with Crippen LogP contribution in [0.4, 0.5) is 0 Å². The quantitative estimate of drug-likeness (QED) is 0.453. The fourth-order valence-electron chi connectivity index (χ4n) is 1.74. The van der Waals surface area contributed by atoms with E-state index in [1.165, 1.54) is 13.2 Å². The van der Waals surface area contributed by atoms with E-state index in [4.69, 9.17) is 9.84 Å². The highest BCUT2D eigenvalue weighted by Gasteiger charge is 2.18. The van der Waals surface area contributed by atoms with Crippen LogP contribution < -0.4 is 4.74 Å². The molecule has 5 nitrogen and oxygen atoms in total. The average molecular weight is 298 g/mol. The zero-order chi connectivity index (χ0) is 15.1. The molecule has 0 fully saturated rings. The highest BCUT2D eigenvalue weighted by atomic mass is 32.1. The monoisotopic (exact) mass is 298 g/mol. The van der Waals surface area contributed by atoms with Crippen molar-refractivity contribution in [2.24, 2.45) is 0 Å². The maximum Gasteiger partial charge on any atom is 0.328 e. The Bertz CT molecular complexity index is 486. The summed E-state index contributed by atoms with van der Waals surface area (Å²) < 4.78 is 5.12. The number of aliphatic carboxylic acids is 1. The first-order valence-corrected chi connectivity index (χ1v) is 6.68. The van der Waals surface area contributed by atoms with Crippen molar-refractivity contribution in [2.75, 3.05) is 12.9 Å². The minimum Gasteiger partial charge on any atom is -0.496 e. The molecule has 0 bridgehead atoms. The van der Waals surface area contributed by atoms with Crippen molar-refractivity contribution in [2.45, 2.75) is 18.6 Å². The van der Waals surface area contributed by atoms with Gasteiger partial charge in [0.05, 0.1) is 13.2 Å². The number of rotatable bonds is 7. The minimum absolute atomic E-state index is 0.358. The SMILES string of the molecule is COc1ccc(C(O)C(O)CCS)cc1/C=C/C(=O)O. The molecule has 1 aromatic carbocycles. The van der Waals surface area contributed by atoms with Gasteiger partial charge in [-0.25, -0.2) is 4.79 Å². The molecule has 1 aromatic rings. The third kappa shape index (κ3) is 4.56. The van der Waals surface area contributed by atoms with E-state index in [-0.39, 0.29) is 0 Å². The van der Waals surface area contributed by atoms with Crippen LogP contribution in [0.2, 0.25) is 0 Å². The zero-order valence-electron chi connectivity index (χ0n) is 11.1. The third-order valence-corrected chi connectivity index (χ3v) is 3.05. The molecule has 2 unspecified atom stereocenters. The number of benzene rings is 1. The maximum atomic E-state index is 10.6. The minimum atomic E-state index is -1.08. The van der Waals surface area contributed by atoms with Gasteiger partial charge in [0, 0.05) is 11.6 Å². The lowest BCUT2D eigenvalue weighted by atomic mass is 9.99. The molecule has 6 heteroatoms. The van der Waals surface area contributed by atoms with Gasteiger partial charge in [-0.15, -0.1) is 0 Å². The van der Waals surface area contributed by atoms with E-state index in [0.29, 0.717) is 29.1 Å². The largest absolute Gasteiger partial charge is 0.496 e. The first kappa shape index (κ1) is 16.6. The lowest BCUT2D eigenvalue weighted by Gasteiger charge is -2.18. The molecule has 0 spiro atoms. The van der Waals surface area contributed by atoms with Crippen molar-refractivity contribution < 1.29 is 24.9 Å². The van der Waals surface area contributed by atoms with Crippen LogP contribution in [0.3, 0.4) is 0 Å². The number of hydrogen-bond acceptors (Lipinski definition) is 5. The fraction of sp³-hybridized carbons (Fsp3) is 0.357. The molecule has 0 saturated heterocycles. The summed E-state index contributed by atoms with van der Waals surface area (Å²) in [4.78, 5) is 10.6. The summed E-state index contributed by atoms with van der Waals surface area (Å²) in [6.07, 6.45) is 0.749. The van der Waals surface area contributed by atoms with E-state index in [1.54, 1.807) is 18.2 Å². The molecule has 0 radical (unpaired) electrons. The molecule has 3 N–H and O–H groups in total. The number of carboxylic acids is 1. The lowest BCUT2D eigenvalue weighted by molar-refractivity contribution is -0.131. The van der Waals surface area contributed by atoms with Gasteiger partial charge in [0.25, 0.3) is 0 Å². The molecule has 2 atom stereocenters. The van der Waals surface area contributed by atoms with Gasteiger partial charge < -0.3 is 20.1 Å². The molecular weight excluding hydrogens is 280 g/mol. The molecule has 0 aliphatic carbocycles. The van der Waals surface area contributed by atoms with Gasteiger partial charge in [0.1, 0.15) is 11.9 Å². The first-order chi connectivity index (χ1) is 9.49. The zero-order valence-corrected chi connectivity index (χ0v) is 12.0. The van der Waals surface area contributed by atoms with E-state index >= 15 is 0 Å². The maximum absolute atomic E-state index is 10.6. The Morgan fingerprint density at radius 3 is 2.70 bits per heavy atom. The number of carboxylic acid groups (broad SMARTS) is 1. The second kappa shape index (κ2) is 7.94. The molecule has 0 heterocycles. The average Bonchev–Trinajstić information content (AvgIpc) is 2.44. The van der Waals surface area contributed by atoms with Gasteiger partial charge >= 0.3 is 5.97 Å². The molecule has 1 rings (SSSR count). The predicted molar refractivity (Wildman–Crippen MR) is 79.1 cm³/mol.